The maximum atomic E-state index is 11.2. The smallest absolute Gasteiger partial charge is 0.425 e. The highest BCUT2D eigenvalue weighted by molar-refractivity contribution is 6.20. The van der Waals surface area contributed by atoms with E-state index in [1.165, 1.54) is 0 Å². The number of nitrogens with zero attached hydrogens (tertiary/aromatic N) is 1. The largest absolute Gasteiger partial charge is 0.443 e. The van der Waals surface area contributed by atoms with Gasteiger partial charge in [-0.05, 0) is 27.2 Å². The van der Waals surface area contributed by atoms with Crippen molar-refractivity contribution in [1.82, 2.24) is 4.42 Å². The van der Waals surface area contributed by atoms with E-state index in [0.29, 0.717) is 13.0 Å². The fourth-order valence-electron chi connectivity index (χ4n) is 0.607. The van der Waals surface area contributed by atoms with Crippen LogP contribution >= 0.6 is 11.8 Å². The molecule has 0 unspecified atom stereocenters. The Morgan fingerprint density at radius 3 is 2.54 bits per heavy atom. The van der Waals surface area contributed by atoms with Crippen LogP contribution in [-0.2, 0) is 4.74 Å². The summed E-state index contributed by atoms with van der Waals surface area (Å²) >= 11 is 5.63. The molecule has 0 rings (SSSR count). The number of ether oxygens (including phenoxy) is 1. The first-order chi connectivity index (χ1) is 5.87. The number of hydrogen-bond donors (Lipinski definition) is 0. The lowest BCUT2D eigenvalue weighted by Gasteiger charge is -2.22. The fourth-order valence-corrected chi connectivity index (χ4v) is 0.739. The second kappa shape index (κ2) is 5.12. The van der Waals surface area contributed by atoms with Crippen molar-refractivity contribution in [2.45, 2.75) is 32.8 Å². The Morgan fingerprint density at radius 2 is 2.15 bits per heavy atom. The molecule has 0 spiro atoms. The Balaban J connectivity index is 3.89. The molecule has 0 atom stereocenters. The zero-order valence-corrected chi connectivity index (χ0v) is 9.10. The highest BCUT2D eigenvalue weighted by Crippen LogP contribution is 2.11. The SMILES string of the molecule is C=CCCN(Cl)C(=O)OC(C)(C)C. The van der Waals surface area contributed by atoms with Crippen molar-refractivity contribution in [2.24, 2.45) is 0 Å². The summed E-state index contributed by atoms with van der Waals surface area (Å²) in [7, 11) is 0. The second-order valence-electron chi connectivity index (χ2n) is 3.64. The molecule has 76 valence electrons. The number of carbonyl (C=O) groups excluding carboxylic acids is 1. The Hall–Kier alpha value is -0.700. The highest BCUT2D eigenvalue weighted by atomic mass is 35.5. The predicted octanol–water partition coefficient (Wildman–Crippen LogP) is 2.95. The van der Waals surface area contributed by atoms with E-state index in [-0.39, 0.29) is 0 Å². The number of halogens is 1. The molecule has 0 aliphatic rings. The summed E-state index contributed by atoms with van der Waals surface area (Å²) in [4.78, 5) is 11.2. The Labute approximate surface area is 84.4 Å². The minimum atomic E-state index is -0.518. The molecule has 0 aliphatic heterocycles. The van der Waals surface area contributed by atoms with Crippen LogP contribution in [0.5, 0.6) is 0 Å². The van der Waals surface area contributed by atoms with Gasteiger partial charge in [0.05, 0.1) is 0 Å². The van der Waals surface area contributed by atoms with E-state index >= 15 is 0 Å². The van der Waals surface area contributed by atoms with Crippen LogP contribution in [0.15, 0.2) is 12.7 Å². The van der Waals surface area contributed by atoms with Crippen molar-refractivity contribution in [1.29, 1.82) is 0 Å². The second-order valence-corrected chi connectivity index (χ2v) is 4.05. The van der Waals surface area contributed by atoms with Crippen LogP contribution in [0, 0.1) is 0 Å². The van der Waals surface area contributed by atoms with Gasteiger partial charge in [-0.15, -0.1) is 6.58 Å². The summed E-state index contributed by atoms with van der Waals surface area (Å²) in [6, 6.07) is 0. The van der Waals surface area contributed by atoms with Crippen molar-refractivity contribution in [2.75, 3.05) is 6.54 Å². The molecule has 0 saturated carbocycles. The molecule has 0 N–H and O–H groups in total. The van der Waals surface area contributed by atoms with Gasteiger partial charge in [0.25, 0.3) is 0 Å². The quantitative estimate of drug-likeness (QED) is 0.524. The lowest BCUT2D eigenvalue weighted by molar-refractivity contribution is 0.0395. The molecule has 0 heterocycles. The number of amides is 1. The zero-order chi connectivity index (χ0) is 10.5. The minimum Gasteiger partial charge on any atom is -0.443 e. The minimum absolute atomic E-state index is 0.417. The molecule has 3 nitrogen and oxygen atoms in total. The van der Waals surface area contributed by atoms with Gasteiger partial charge in [-0.3, -0.25) is 0 Å². The lowest BCUT2D eigenvalue weighted by atomic mass is 10.2. The van der Waals surface area contributed by atoms with Crippen LogP contribution in [0.25, 0.3) is 0 Å². The van der Waals surface area contributed by atoms with Gasteiger partial charge in [0, 0.05) is 18.3 Å². The standard InChI is InChI=1S/C9H16ClNO2/c1-5-6-7-11(10)8(12)13-9(2,3)4/h5H,1,6-7H2,2-4H3. The fraction of sp³-hybridized carbons (Fsp3) is 0.667. The molecule has 0 bridgehead atoms. The summed E-state index contributed by atoms with van der Waals surface area (Å²) in [5, 5.41) is 0. The first-order valence-corrected chi connectivity index (χ1v) is 4.48. The van der Waals surface area contributed by atoms with E-state index in [1.54, 1.807) is 26.8 Å². The van der Waals surface area contributed by atoms with E-state index in [4.69, 9.17) is 16.5 Å². The molecule has 0 radical (unpaired) electrons. The molecule has 4 heteroatoms. The average Bonchev–Trinajstić information content (AvgIpc) is 1.96. The van der Waals surface area contributed by atoms with Crippen LogP contribution < -0.4 is 0 Å². The van der Waals surface area contributed by atoms with Gasteiger partial charge in [0.15, 0.2) is 0 Å². The third kappa shape index (κ3) is 6.46. The molecular formula is C9H16ClNO2. The normalized spacial score (nSPS) is 10.8. The monoisotopic (exact) mass is 205 g/mol. The van der Waals surface area contributed by atoms with Crippen molar-refractivity contribution < 1.29 is 9.53 Å². The zero-order valence-electron chi connectivity index (χ0n) is 8.34. The lowest BCUT2D eigenvalue weighted by Crippen LogP contribution is -2.31. The van der Waals surface area contributed by atoms with Crippen LogP contribution in [-0.4, -0.2) is 22.7 Å². The van der Waals surface area contributed by atoms with Crippen LogP contribution in [0.2, 0.25) is 0 Å². The molecule has 0 fully saturated rings. The van der Waals surface area contributed by atoms with Crippen molar-refractivity contribution in [3.05, 3.63) is 12.7 Å². The van der Waals surface area contributed by atoms with E-state index in [2.05, 4.69) is 6.58 Å². The Bertz CT molecular complexity index is 187. The molecule has 0 aromatic carbocycles. The van der Waals surface area contributed by atoms with Gasteiger partial charge in [-0.2, -0.15) is 0 Å². The van der Waals surface area contributed by atoms with Crippen LogP contribution in [0.4, 0.5) is 4.79 Å². The van der Waals surface area contributed by atoms with Crippen LogP contribution in [0.3, 0.4) is 0 Å². The van der Waals surface area contributed by atoms with E-state index in [1.807, 2.05) is 0 Å². The maximum Gasteiger partial charge on any atom is 0.425 e. The molecule has 0 aromatic rings. The summed E-state index contributed by atoms with van der Waals surface area (Å²) in [6.45, 7) is 9.33. The molecule has 13 heavy (non-hydrogen) atoms. The molecular weight excluding hydrogens is 190 g/mol. The van der Waals surface area contributed by atoms with Gasteiger partial charge in [-0.1, -0.05) is 6.08 Å². The summed E-state index contributed by atoms with van der Waals surface area (Å²) < 4.78 is 6.04. The Kier molecular flexibility index (Phi) is 4.85. The number of hydrogen-bond acceptors (Lipinski definition) is 2. The number of rotatable bonds is 3. The van der Waals surface area contributed by atoms with Gasteiger partial charge >= 0.3 is 6.09 Å². The average molecular weight is 206 g/mol. The van der Waals surface area contributed by atoms with E-state index < -0.39 is 11.7 Å². The molecule has 0 aromatic heterocycles. The topological polar surface area (TPSA) is 29.5 Å². The van der Waals surface area contributed by atoms with E-state index in [0.717, 1.165) is 4.42 Å². The van der Waals surface area contributed by atoms with Crippen molar-refractivity contribution >= 4 is 17.9 Å². The van der Waals surface area contributed by atoms with Crippen molar-refractivity contribution in [3.63, 3.8) is 0 Å². The third-order valence-electron chi connectivity index (χ3n) is 1.12. The molecule has 1 amide bonds. The maximum absolute atomic E-state index is 11.2. The first-order valence-electron chi connectivity index (χ1n) is 4.14. The molecule has 0 aliphatic carbocycles. The third-order valence-corrected chi connectivity index (χ3v) is 1.43. The van der Waals surface area contributed by atoms with E-state index in [9.17, 15) is 4.79 Å². The van der Waals surface area contributed by atoms with Gasteiger partial charge in [0.1, 0.15) is 5.60 Å². The summed E-state index contributed by atoms with van der Waals surface area (Å²) in [5.41, 5.74) is -0.502. The Morgan fingerprint density at radius 1 is 1.62 bits per heavy atom. The van der Waals surface area contributed by atoms with Gasteiger partial charge in [-0.25, -0.2) is 9.21 Å². The first kappa shape index (κ1) is 12.3. The summed E-state index contributed by atoms with van der Waals surface area (Å²) in [5.74, 6) is 0. The summed E-state index contributed by atoms with van der Waals surface area (Å²) in [6.07, 6.45) is 1.83. The predicted molar refractivity (Wildman–Crippen MR) is 53.6 cm³/mol. The van der Waals surface area contributed by atoms with Gasteiger partial charge < -0.3 is 4.74 Å². The molecule has 0 saturated heterocycles. The van der Waals surface area contributed by atoms with Crippen LogP contribution in [0.1, 0.15) is 27.2 Å². The number of carbonyl (C=O) groups is 1. The van der Waals surface area contributed by atoms with Gasteiger partial charge in [0.2, 0.25) is 0 Å². The highest BCUT2D eigenvalue weighted by Gasteiger charge is 2.20. The van der Waals surface area contributed by atoms with Crippen molar-refractivity contribution in [3.8, 4) is 0 Å².